The Hall–Kier alpha value is -2.10. The van der Waals surface area contributed by atoms with E-state index in [4.69, 9.17) is 4.84 Å². The van der Waals surface area contributed by atoms with Gasteiger partial charge in [0.05, 0.1) is 18.0 Å². The van der Waals surface area contributed by atoms with Crippen molar-refractivity contribution >= 4 is 5.78 Å². The zero-order valence-electron chi connectivity index (χ0n) is 8.96. The number of aromatic nitrogens is 2. The summed E-state index contributed by atoms with van der Waals surface area (Å²) < 4.78 is 0. The molecule has 16 heavy (non-hydrogen) atoms. The van der Waals surface area contributed by atoms with E-state index < -0.39 is 0 Å². The maximum atomic E-state index is 11.0. The minimum Gasteiger partial charge on any atom is -0.392 e. The summed E-state index contributed by atoms with van der Waals surface area (Å²) in [4.78, 5) is 17.7. The van der Waals surface area contributed by atoms with E-state index in [9.17, 15) is 4.79 Å². The lowest BCUT2D eigenvalue weighted by Gasteiger charge is -2.03. The molecule has 0 fully saturated rings. The molecular formula is C12H12N2O2. The van der Waals surface area contributed by atoms with Crippen molar-refractivity contribution in [2.75, 3.05) is 0 Å². The third-order valence-corrected chi connectivity index (χ3v) is 2.17. The molecule has 0 saturated heterocycles. The first kappa shape index (κ1) is 10.4. The van der Waals surface area contributed by atoms with E-state index in [-0.39, 0.29) is 5.78 Å². The maximum Gasteiger partial charge on any atom is 0.163 e. The first-order valence-corrected chi connectivity index (χ1v) is 4.98. The van der Waals surface area contributed by atoms with E-state index in [1.165, 1.54) is 18.0 Å². The highest BCUT2D eigenvalue weighted by atomic mass is 16.7. The summed E-state index contributed by atoms with van der Waals surface area (Å²) in [6.45, 7) is 1.93. The third-order valence-electron chi connectivity index (χ3n) is 2.17. The number of hydrogen-bond donors (Lipinski definition) is 0. The van der Waals surface area contributed by atoms with Crippen molar-refractivity contribution in [3.05, 3.63) is 53.9 Å². The van der Waals surface area contributed by atoms with Crippen molar-refractivity contribution in [1.82, 2.24) is 9.94 Å². The van der Waals surface area contributed by atoms with Gasteiger partial charge in [0.25, 0.3) is 0 Å². The van der Waals surface area contributed by atoms with Gasteiger partial charge in [-0.1, -0.05) is 30.3 Å². The number of benzene rings is 1. The molecule has 4 heteroatoms. The van der Waals surface area contributed by atoms with Crippen LogP contribution in [-0.2, 0) is 6.61 Å². The Morgan fingerprint density at radius 1 is 1.38 bits per heavy atom. The molecule has 0 unspecified atom stereocenters. The van der Waals surface area contributed by atoms with Gasteiger partial charge in [0, 0.05) is 0 Å². The van der Waals surface area contributed by atoms with Gasteiger partial charge in [-0.15, -0.1) is 9.94 Å². The van der Waals surface area contributed by atoms with Crippen LogP contribution in [0.2, 0.25) is 0 Å². The Labute approximate surface area is 93.4 Å². The first-order valence-electron chi connectivity index (χ1n) is 4.98. The fourth-order valence-electron chi connectivity index (χ4n) is 1.27. The third kappa shape index (κ3) is 2.48. The molecular weight excluding hydrogens is 204 g/mol. The summed E-state index contributed by atoms with van der Waals surface area (Å²) in [5.74, 6) is -0.0189. The average Bonchev–Trinajstić information content (AvgIpc) is 2.76. The highest BCUT2D eigenvalue weighted by Gasteiger charge is 2.03. The van der Waals surface area contributed by atoms with Crippen LogP contribution in [0.25, 0.3) is 0 Å². The summed E-state index contributed by atoms with van der Waals surface area (Å²) >= 11 is 0. The molecule has 0 atom stereocenters. The molecule has 1 heterocycles. The van der Waals surface area contributed by atoms with Crippen molar-refractivity contribution < 1.29 is 9.63 Å². The van der Waals surface area contributed by atoms with Gasteiger partial charge in [-0.2, -0.15) is 0 Å². The monoisotopic (exact) mass is 216 g/mol. The molecule has 0 radical (unpaired) electrons. The van der Waals surface area contributed by atoms with E-state index >= 15 is 0 Å². The van der Waals surface area contributed by atoms with Crippen LogP contribution >= 0.6 is 0 Å². The van der Waals surface area contributed by atoms with E-state index in [1.807, 2.05) is 30.3 Å². The number of nitrogens with zero attached hydrogens (tertiary/aromatic N) is 2. The van der Waals surface area contributed by atoms with Crippen LogP contribution in [-0.4, -0.2) is 15.7 Å². The molecule has 0 N–H and O–H groups in total. The average molecular weight is 216 g/mol. The molecule has 2 aromatic rings. The summed E-state index contributed by atoms with van der Waals surface area (Å²) in [6, 6.07) is 9.78. The molecule has 0 aliphatic rings. The quantitative estimate of drug-likeness (QED) is 0.731. The molecule has 4 nitrogen and oxygen atoms in total. The van der Waals surface area contributed by atoms with Crippen LogP contribution in [0.3, 0.4) is 0 Å². The van der Waals surface area contributed by atoms with Crippen LogP contribution in [0.1, 0.15) is 22.8 Å². The van der Waals surface area contributed by atoms with Crippen LogP contribution in [0.4, 0.5) is 0 Å². The Balaban J connectivity index is 1.97. The van der Waals surface area contributed by atoms with Crippen molar-refractivity contribution in [2.24, 2.45) is 0 Å². The lowest BCUT2D eigenvalue weighted by atomic mass is 10.2. The van der Waals surface area contributed by atoms with Gasteiger partial charge in [-0.3, -0.25) is 4.79 Å². The van der Waals surface area contributed by atoms with Gasteiger partial charge < -0.3 is 4.84 Å². The zero-order chi connectivity index (χ0) is 11.4. The molecule has 2 rings (SSSR count). The Morgan fingerprint density at radius 3 is 2.75 bits per heavy atom. The molecule has 0 spiro atoms. The van der Waals surface area contributed by atoms with Gasteiger partial charge >= 0.3 is 0 Å². The molecule has 0 aliphatic carbocycles. The molecule has 0 saturated carbocycles. The molecule has 0 aliphatic heterocycles. The summed E-state index contributed by atoms with van der Waals surface area (Å²) in [5.41, 5.74) is 1.61. The SMILES string of the molecule is CC(=O)c1cnn(OCc2ccccc2)c1. The maximum absolute atomic E-state index is 11.0. The van der Waals surface area contributed by atoms with Crippen molar-refractivity contribution in [1.29, 1.82) is 0 Å². The molecule has 1 aromatic heterocycles. The van der Waals surface area contributed by atoms with Gasteiger partial charge in [-0.25, -0.2) is 0 Å². The van der Waals surface area contributed by atoms with Crippen molar-refractivity contribution in [2.45, 2.75) is 13.5 Å². The van der Waals surface area contributed by atoms with E-state index in [0.717, 1.165) is 5.56 Å². The van der Waals surface area contributed by atoms with E-state index in [2.05, 4.69) is 5.10 Å². The highest BCUT2D eigenvalue weighted by molar-refractivity contribution is 5.93. The number of hydrogen-bond acceptors (Lipinski definition) is 3. The summed E-state index contributed by atoms with van der Waals surface area (Å²) in [7, 11) is 0. The van der Waals surface area contributed by atoms with Crippen LogP contribution in [0, 0.1) is 0 Å². The normalized spacial score (nSPS) is 10.1. The van der Waals surface area contributed by atoms with Crippen LogP contribution < -0.4 is 4.84 Å². The number of carbonyl (C=O) groups is 1. The van der Waals surface area contributed by atoms with E-state index in [0.29, 0.717) is 12.2 Å². The topological polar surface area (TPSA) is 44.1 Å². The largest absolute Gasteiger partial charge is 0.392 e. The number of ketones is 1. The Kier molecular flexibility index (Phi) is 3.00. The molecule has 1 aromatic carbocycles. The second kappa shape index (κ2) is 4.61. The van der Waals surface area contributed by atoms with Crippen molar-refractivity contribution in [3.8, 4) is 0 Å². The van der Waals surface area contributed by atoms with Gasteiger partial charge in [0.2, 0.25) is 0 Å². The predicted octanol–water partition coefficient (Wildman–Crippen LogP) is 1.71. The lowest BCUT2D eigenvalue weighted by Crippen LogP contribution is -2.11. The van der Waals surface area contributed by atoms with Gasteiger partial charge in [0.1, 0.15) is 6.61 Å². The number of rotatable bonds is 4. The van der Waals surface area contributed by atoms with Crippen LogP contribution in [0.5, 0.6) is 0 Å². The second-order valence-electron chi connectivity index (χ2n) is 3.45. The lowest BCUT2D eigenvalue weighted by molar-refractivity contribution is 0.0697. The fourth-order valence-corrected chi connectivity index (χ4v) is 1.27. The second-order valence-corrected chi connectivity index (χ2v) is 3.45. The first-order chi connectivity index (χ1) is 7.75. The fraction of sp³-hybridized carbons (Fsp3) is 0.167. The minimum atomic E-state index is -0.0189. The number of carbonyl (C=O) groups excluding carboxylic acids is 1. The Bertz CT molecular complexity index is 477. The highest BCUT2D eigenvalue weighted by Crippen LogP contribution is 2.00. The van der Waals surface area contributed by atoms with E-state index in [1.54, 1.807) is 6.20 Å². The Morgan fingerprint density at radius 2 is 2.12 bits per heavy atom. The minimum absolute atomic E-state index is 0.0189. The van der Waals surface area contributed by atoms with Gasteiger partial charge in [-0.05, 0) is 12.5 Å². The smallest absolute Gasteiger partial charge is 0.163 e. The standard InChI is InChI=1S/C12H12N2O2/c1-10(15)12-7-13-14(8-12)16-9-11-5-3-2-4-6-11/h2-8H,9H2,1H3. The van der Waals surface area contributed by atoms with Gasteiger partial charge in [0.15, 0.2) is 5.78 Å². The predicted molar refractivity (Wildman–Crippen MR) is 59.0 cm³/mol. The molecule has 82 valence electrons. The summed E-state index contributed by atoms with van der Waals surface area (Å²) in [5, 5.41) is 3.93. The number of Topliss-reactive ketones (excluding diaryl/α,β-unsaturated/α-hetero) is 1. The zero-order valence-corrected chi connectivity index (χ0v) is 8.96. The van der Waals surface area contributed by atoms with Crippen LogP contribution in [0.15, 0.2) is 42.7 Å². The summed E-state index contributed by atoms with van der Waals surface area (Å²) in [6.07, 6.45) is 3.07. The molecule has 0 amide bonds. The van der Waals surface area contributed by atoms with Crippen molar-refractivity contribution in [3.63, 3.8) is 0 Å². The molecule has 0 bridgehead atoms.